The van der Waals surface area contributed by atoms with Gasteiger partial charge in [-0.15, -0.1) is 0 Å². The van der Waals surface area contributed by atoms with Crippen molar-refractivity contribution in [2.45, 2.75) is 89.0 Å². The van der Waals surface area contributed by atoms with Gasteiger partial charge in [-0.1, -0.05) is 38.5 Å². The van der Waals surface area contributed by atoms with E-state index in [0.29, 0.717) is 19.4 Å². The average molecular weight is 389 g/mol. The molecule has 1 atom stereocenters. The molecule has 1 heterocycles. The van der Waals surface area contributed by atoms with E-state index >= 15 is 0 Å². The van der Waals surface area contributed by atoms with E-state index in [0.717, 1.165) is 51.1 Å². The van der Waals surface area contributed by atoms with Crippen LogP contribution in [0, 0.1) is 22.7 Å². The number of rotatable bonds is 7. The summed E-state index contributed by atoms with van der Waals surface area (Å²) >= 11 is 0. The van der Waals surface area contributed by atoms with Crippen LogP contribution >= 0.6 is 0 Å². The quantitative estimate of drug-likeness (QED) is 0.700. The molecule has 0 aromatic carbocycles. The molecule has 0 radical (unpaired) electrons. The molecule has 3 aliphatic rings. The second-order valence-corrected chi connectivity index (χ2v) is 9.44. The zero-order chi connectivity index (χ0) is 20.0. The Bertz CT molecular complexity index is 602. The molecule has 0 aromatic rings. The Labute approximate surface area is 169 Å². The zero-order valence-corrected chi connectivity index (χ0v) is 17.2. The Morgan fingerprint density at radius 3 is 2.39 bits per heavy atom. The lowest BCUT2D eigenvalue weighted by Gasteiger charge is -2.34. The standard InChI is InChI=1S/C22H36N4O2/c23-16-22(13-14-26(17-22)15-18-7-3-1-4-8-18)25-19(27)9-12-21(20(24)28)10-5-2-6-11-21/h18H,1-15,17H2,(H2,24,28)(H,25,27). The van der Waals surface area contributed by atoms with Crippen molar-refractivity contribution >= 4 is 11.8 Å². The monoisotopic (exact) mass is 388 g/mol. The molecule has 1 unspecified atom stereocenters. The minimum atomic E-state index is -0.780. The summed E-state index contributed by atoms with van der Waals surface area (Å²) < 4.78 is 0. The van der Waals surface area contributed by atoms with Crippen molar-refractivity contribution in [3.8, 4) is 6.07 Å². The number of amides is 2. The van der Waals surface area contributed by atoms with Gasteiger partial charge in [-0.2, -0.15) is 5.26 Å². The Balaban J connectivity index is 1.50. The maximum atomic E-state index is 12.6. The van der Waals surface area contributed by atoms with Gasteiger partial charge in [0, 0.05) is 31.5 Å². The highest BCUT2D eigenvalue weighted by molar-refractivity contribution is 5.83. The molecule has 0 bridgehead atoms. The van der Waals surface area contributed by atoms with Crippen LogP contribution in [0.3, 0.4) is 0 Å². The molecule has 0 aromatic heterocycles. The van der Waals surface area contributed by atoms with Crippen LogP contribution < -0.4 is 11.1 Å². The van der Waals surface area contributed by atoms with Crippen molar-refractivity contribution in [1.82, 2.24) is 10.2 Å². The fourth-order valence-corrected chi connectivity index (χ4v) is 5.53. The number of primary amides is 1. The van der Waals surface area contributed by atoms with Crippen LogP contribution in [-0.2, 0) is 9.59 Å². The Morgan fingerprint density at radius 1 is 1.07 bits per heavy atom. The summed E-state index contributed by atoms with van der Waals surface area (Å²) in [7, 11) is 0. The third-order valence-electron chi connectivity index (χ3n) is 7.35. The SMILES string of the molecule is N#CC1(NC(=O)CCC2(C(N)=O)CCCCC2)CCN(CC2CCCCC2)C1. The number of carbonyl (C=O) groups is 2. The molecule has 3 rings (SSSR count). The second-order valence-electron chi connectivity index (χ2n) is 9.44. The van der Waals surface area contributed by atoms with Gasteiger partial charge in [0.15, 0.2) is 0 Å². The molecule has 0 spiro atoms. The van der Waals surface area contributed by atoms with Crippen molar-refractivity contribution in [2.75, 3.05) is 19.6 Å². The second kappa shape index (κ2) is 9.26. The minimum absolute atomic E-state index is 0.118. The first-order chi connectivity index (χ1) is 13.5. The van der Waals surface area contributed by atoms with Gasteiger partial charge in [0.2, 0.25) is 11.8 Å². The smallest absolute Gasteiger partial charge is 0.223 e. The van der Waals surface area contributed by atoms with Crippen molar-refractivity contribution in [2.24, 2.45) is 17.1 Å². The summed E-state index contributed by atoms with van der Waals surface area (Å²) in [4.78, 5) is 27.0. The molecule has 1 aliphatic heterocycles. The van der Waals surface area contributed by atoms with Crippen molar-refractivity contribution < 1.29 is 9.59 Å². The van der Waals surface area contributed by atoms with Gasteiger partial charge >= 0.3 is 0 Å². The lowest BCUT2D eigenvalue weighted by molar-refractivity contribution is -0.131. The molecule has 1 saturated heterocycles. The van der Waals surface area contributed by atoms with Gasteiger partial charge in [0.1, 0.15) is 5.54 Å². The first-order valence-corrected chi connectivity index (χ1v) is 11.2. The number of nitrogens with two attached hydrogens (primary N) is 1. The first kappa shape index (κ1) is 21.1. The van der Waals surface area contributed by atoms with E-state index in [1.807, 2.05) is 0 Å². The summed E-state index contributed by atoms with van der Waals surface area (Å²) in [5.41, 5.74) is 4.37. The van der Waals surface area contributed by atoms with E-state index in [2.05, 4.69) is 16.3 Å². The first-order valence-electron chi connectivity index (χ1n) is 11.2. The van der Waals surface area contributed by atoms with Crippen LogP contribution in [0.2, 0.25) is 0 Å². The number of nitrogens with one attached hydrogen (secondary N) is 1. The average Bonchev–Trinajstić information content (AvgIpc) is 3.10. The van der Waals surface area contributed by atoms with E-state index in [-0.39, 0.29) is 18.2 Å². The van der Waals surface area contributed by atoms with Crippen LogP contribution in [0.15, 0.2) is 0 Å². The maximum absolute atomic E-state index is 12.6. The fourth-order valence-electron chi connectivity index (χ4n) is 5.53. The summed E-state index contributed by atoms with van der Waals surface area (Å²) in [6.45, 7) is 2.53. The molecular weight excluding hydrogens is 352 g/mol. The number of likely N-dealkylation sites (tertiary alicyclic amines) is 1. The highest BCUT2D eigenvalue weighted by Crippen LogP contribution is 2.40. The number of carbonyl (C=O) groups excluding carboxylic acids is 2. The molecular formula is C22H36N4O2. The van der Waals surface area contributed by atoms with E-state index in [1.54, 1.807) is 0 Å². The highest BCUT2D eigenvalue weighted by Gasteiger charge is 2.42. The van der Waals surface area contributed by atoms with Gasteiger partial charge < -0.3 is 11.1 Å². The molecule has 2 saturated carbocycles. The zero-order valence-electron chi connectivity index (χ0n) is 17.2. The predicted octanol–water partition coefficient (Wildman–Crippen LogP) is 2.87. The van der Waals surface area contributed by atoms with Crippen LogP contribution in [-0.4, -0.2) is 41.9 Å². The molecule has 2 aliphatic carbocycles. The van der Waals surface area contributed by atoms with Crippen LogP contribution in [0.4, 0.5) is 0 Å². The topological polar surface area (TPSA) is 99.2 Å². The number of hydrogen-bond donors (Lipinski definition) is 2. The fraction of sp³-hybridized carbons (Fsp3) is 0.864. The van der Waals surface area contributed by atoms with Gasteiger partial charge in [0.25, 0.3) is 0 Å². The molecule has 3 fully saturated rings. The molecule has 3 N–H and O–H groups in total. The molecule has 2 amide bonds. The number of nitriles is 1. The number of hydrogen-bond acceptors (Lipinski definition) is 4. The van der Waals surface area contributed by atoms with Crippen LogP contribution in [0.25, 0.3) is 0 Å². The Hall–Kier alpha value is -1.61. The summed E-state index contributed by atoms with van der Waals surface area (Å²) in [6, 6.07) is 2.38. The summed E-state index contributed by atoms with van der Waals surface area (Å²) in [6.07, 6.45) is 12.7. The Morgan fingerprint density at radius 2 is 1.75 bits per heavy atom. The van der Waals surface area contributed by atoms with Crippen molar-refractivity contribution in [3.63, 3.8) is 0 Å². The predicted molar refractivity (Wildman–Crippen MR) is 108 cm³/mol. The largest absolute Gasteiger partial charge is 0.369 e. The van der Waals surface area contributed by atoms with Gasteiger partial charge in [-0.05, 0) is 44.4 Å². The molecule has 6 nitrogen and oxygen atoms in total. The summed E-state index contributed by atoms with van der Waals surface area (Å²) in [5, 5.41) is 12.8. The van der Waals surface area contributed by atoms with Gasteiger partial charge in [0.05, 0.1) is 6.07 Å². The molecule has 6 heteroatoms. The lowest BCUT2D eigenvalue weighted by atomic mass is 9.70. The van der Waals surface area contributed by atoms with E-state index in [1.165, 1.54) is 32.1 Å². The highest BCUT2D eigenvalue weighted by atomic mass is 16.2. The van der Waals surface area contributed by atoms with Crippen LogP contribution in [0.5, 0.6) is 0 Å². The third kappa shape index (κ3) is 5.05. The number of nitrogens with zero attached hydrogens (tertiary/aromatic N) is 2. The van der Waals surface area contributed by atoms with E-state index in [9.17, 15) is 14.9 Å². The normalized spacial score (nSPS) is 28.5. The summed E-state index contributed by atoms with van der Waals surface area (Å²) in [5.74, 6) is 0.349. The molecule has 156 valence electrons. The van der Waals surface area contributed by atoms with Gasteiger partial charge in [-0.3, -0.25) is 14.5 Å². The minimum Gasteiger partial charge on any atom is -0.369 e. The maximum Gasteiger partial charge on any atom is 0.223 e. The van der Waals surface area contributed by atoms with Gasteiger partial charge in [-0.25, -0.2) is 0 Å². The van der Waals surface area contributed by atoms with Crippen molar-refractivity contribution in [3.05, 3.63) is 0 Å². The third-order valence-corrected chi connectivity index (χ3v) is 7.35. The Kier molecular flexibility index (Phi) is 6.98. The van der Waals surface area contributed by atoms with Crippen LogP contribution in [0.1, 0.15) is 83.5 Å². The lowest BCUT2D eigenvalue weighted by Crippen LogP contribution is -2.50. The van der Waals surface area contributed by atoms with E-state index < -0.39 is 11.0 Å². The van der Waals surface area contributed by atoms with E-state index in [4.69, 9.17) is 5.73 Å². The van der Waals surface area contributed by atoms with Crippen molar-refractivity contribution in [1.29, 1.82) is 5.26 Å². The molecule has 28 heavy (non-hydrogen) atoms.